The molecule has 2 aliphatic heterocycles. The van der Waals surface area contributed by atoms with Gasteiger partial charge in [0.05, 0.1) is 25.9 Å². The van der Waals surface area contributed by atoms with Gasteiger partial charge in [0, 0.05) is 19.0 Å². The van der Waals surface area contributed by atoms with Gasteiger partial charge in [-0.15, -0.1) is 0 Å². The lowest BCUT2D eigenvalue weighted by molar-refractivity contribution is -0.192. The number of rotatable bonds is 3. The number of pyridine rings is 1. The fraction of sp³-hybridized carbons (Fsp3) is 0.450. The molecule has 1 unspecified atom stereocenters. The summed E-state index contributed by atoms with van der Waals surface area (Å²) in [6.45, 7) is 3.64. The van der Waals surface area contributed by atoms with Gasteiger partial charge in [-0.25, -0.2) is 4.79 Å². The molecule has 31 heavy (non-hydrogen) atoms. The minimum absolute atomic E-state index is 0.0763. The van der Waals surface area contributed by atoms with E-state index in [1.165, 1.54) is 0 Å². The fourth-order valence-electron chi connectivity index (χ4n) is 3.41. The minimum Gasteiger partial charge on any atom is -0.489 e. The van der Waals surface area contributed by atoms with Crippen LogP contribution in [-0.4, -0.2) is 64.4 Å². The second-order valence-electron chi connectivity index (χ2n) is 7.33. The Hall–Kier alpha value is -3.08. The van der Waals surface area contributed by atoms with Gasteiger partial charge in [0.1, 0.15) is 23.2 Å². The standard InChI is InChI=1S/C18H20N2O4.C2HF3O2/c1-13-4-5-16(23-13)17(21)20-11-18(12-20)9-14(6-8-22-18)24-15-3-2-7-19-10-15;3-2(4,5)1(6)7/h2-5,7,10,14H,6,8-9,11-12H2,1H3;(H,6,7). The van der Waals surface area contributed by atoms with Crippen molar-refractivity contribution < 1.29 is 41.8 Å². The van der Waals surface area contributed by atoms with E-state index in [1.807, 2.05) is 19.1 Å². The second-order valence-corrected chi connectivity index (χ2v) is 7.33. The molecule has 2 aliphatic rings. The summed E-state index contributed by atoms with van der Waals surface area (Å²) >= 11 is 0. The number of carbonyl (C=O) groups is 2. The Labute approximate surface area is 175 Å². The monoisotopic (exact) mass is 442 g/mol. The Morgan fingerprint density at radius 3 is 2.55 bits per heavy atom. The second kappa shape index (κ2) is 8.96. The number of aryl methyl sites for hydroxylation is 1. The lowest BCUT2D eigenvalue weighted by Crippen LogP contribution is -2.67. The topological polar surface area (TPSA) is 102 Å². The van der Waals surface area contributed by atoms with E-state index in [0.717, 1.165) is 24.4 Å². The number of hydrogen-bond acceptors (Lipinski definition) is 6. The number of nitrogens with zero attached hydrogens (tertiary/aromatic N) is 2. The molecule has 1 spiro atoms. The summed E-state index contributed by atoms with van der Waals surface area (Å²) in [6.07, 6.45) is 0.0819. The van der Waals surface area contributed by atoms with Crippen molar-refractivity contribution in [3.8, 4) is 5.75 Å². The normalized spacial score (nSPS) is 19.7. The van der Waals surface area contributed by atoms with Crippen LogP contribution in [0.3, 0.4) is 0 Å². The molecular weight excluding hydrogens is 421 g/mol. The van der Waals surface area contributed by atoms with Crippen molar-refractivity contribution in [2.24, 2.45) is 0 Å². The molecular formula is C20H21F3N2O6. The molecule has 2 fully saturated rings. The molecule has 1 N–H and O–H groups in total. The summed E-state index contributed by atoms with van der Waals surface area (Å²) in [4.78, 5) is 27.1. The van der Waals surface area contributed by atoms with Crippen molar-refractivity contribution in [1.29, 1.82) is 0 Å². The van der Waals surface area contributed by atoms with E-state index in [4.69, 9.17) is 23.8 Å². The summed E-state index contributed by atoms with van der Waals surface area (Å²) in [7, 11) is 0. The zero-order chi connectivity index (χ0) is 22.6. The lowest BCUT2D eigenvalue weighted by atomic mass is 9.84. The number of likely N-dealkylation sites (tertiary alicyclic amines) is 1. The van der Waals surface area contributed by atoms with Crippen LogP contribution in [0.1, 0.15) is 29.2 Å². The van der Waals surface area contributed by atoms with E-state index in [1.54, 1.807) is 29.4 Å². The highest BCUT2D eigenvalue weighted by molar-refractivity contribution is 5.92. The summed E-state index contributed by atoms with van der Waals surface area (Å²) in [5, 5.41) is 7.12. The molecule has 4 heterocycles. The number of aromatic nitrogens is 1. The number of amides is 1. The van der Waals surface area contributed by atoms with Crippen LogP contribution in [0.5, 0.6) is 5.75 Å². The van der Waals surface area contributed by atoms with Gasteiger partial charge < -0.3 is 23.9 Å². The Morgan fingerprint density at radius 2 is 2.00 bits per heavy atom. The molecule has 0 bridgehead atoms. The highest BCUT2D eigenvalue weighted by atomic mass is 19.4. The van der Waals surface area contributed by atoms with Crippen LogP contribution in [0.2, 0.25) is 0 Å². The van der Waals surface area contributed by atoms with E-state index in [-0.39, 0.29) is 17.6 Å². The first-order valence-corrected chi connectivity index (χ1v) is 9.44. The average Bonchev–Trinajstić information content (AvgIpc) is 3.12. The van der Waals surface area contributed by atoms with Gasteiger partial charge in [0.15, 0.2) is 5.76 Å². The number of ether oxygens (including phenoxy) is 2. The third kappa shape index (κ3) is 5.75. The SMILES string of the molecule is Cc1ccc(C(=O)N2CC3(CC(Oc4cccnc4)CCO3)C2)o1.O=C(O)C(F)(F)F. The third-order valence-electron chi connectivity index (χ3n) is 4.82. The number of furan rings is 1. The van der Waals surface area contributed by atoms with Gasteiger partial charge in [0.2, 0.25) is 0 Å². The zero-order valence-electron chi connectivity index (χ0n) is 16.6. The molecule has 0 aromatic carbocycles. The first-order valence-electron chi connectivity index (χ1n) is 9.44. The van der Waals surface area contributed by atoms with Crippen LogP contribution in [0, 0.1) is 6.92 Å². The number of alkyl halides is 3. The van der Waals surface area contributed by atoms with Gasteiger partial charge >= 0.3 is 12.1 Å². The van der Waals surface area contributed by atoms with Crippen LogP contribution in [0.4, 0.5) is 13.2 Å². The molecule has 1 atom stereocenters. The number of carboxylic acid groups (broad SMARTS) is 1. The maximum atomic E-state index is 12.4. The highest BCUT2D eigenvalue weighted by Crippen LogP contribution is 2.36. The molecule has 1 amide bonds. The Kier molecular flexibility index (Phi) is 6.54. The van der Waals surface area contributed by atoms with Crippen LogP contribution in [0.15, 0.2) is 41.1 Å². The van der Waals surface area contributed by atoms with Gasteiger partial charge in [-0.1, -0.05) is 0 Å². The van der Waals surface area contributed by atoms with Crippen molar-refractivity contribution in [1.82, 2.24) is 9.88 Å². The van der Waals surface area contributed by atoms with E-state index in [9.17, 15) is 18.0 Å². The maximum Gasteiger partial charge on any atom is 0.490 e. The molecule has 11 heteroatoms. The number of hydrogen-bond donors (Lipinski definition) is 1. The van der Waals surface area contributed by atoms with Crippen molar-refractivity contribution in [2.45, 2.75) is 37.6 Å². The first kappa shape index (κ1) is 22.6. The number of carbonyl (C=O) groups excluding carboxylic acids is 1. The third-order valence-corrected chi connectivity index (χ3v) is 4.82. The van der Waals surface area contributed by atoms with Crippen molar-refractivity contribution in [3.63, 3.8) is 0 Å². The van der Waals surface area contributed by atoms with Crippen LogP contribution in [-0.2, 0) is 9.53 Å². The van der Waals surface area contributed by atoms with Crippen LogP contribution in [0.25, 0.3) is 0 Å². The Bertz CT molecular complexity index is 909. The summed E-state index contributed by atoms with van der Waals surface area (Å²) in [6, 6.07) is 7.29. The molecule has 2 aromatic rings. The predicted molar refractivity (Wildman–Crippen MR) is 99.6 cm³/mol. The van der Waals surface area contributed by atoms with Gasteiger partial charge in [0.25, 0.3) is 5.91 Å². The van der Waals surface area contributed by atoms with E-state index in [2.05, 4.69) is 4.98 Å². The quantitative estimate of drug-likeness (QED) is 0.780. The number of halogens is 3. The van der Waals surface area contributed by atoms with Crippen LogP contribution < -0.4 is 4.74 Å². The number of carboxylic acids is 1. The van der Waals surface area contributed by atoms with Gasteiger partial charge in [-0.2, -0.15) is 13.2 Å². The minimum atomic E-state index is -5.08. The lowest BCUT2D eigenvalue weighted by Gasteiger charge is -2.52. The van der Waals surface area contributed by atoms with E-state index < -0.39 is 12.1 Å². The van der Waals surface area contributed by atoms with E-state index in [0.29, 0.717) is 25.5 Å². The maximum absolute atomic E-state index is 12.4. The molecule has 2 aromatic heterocycles. The molecule has 168 valence electrons. The molecule has 0 radical (unpaired) electrons. The van der Waals surface area contributed by atoms with Crippen LogP contribution >= 0.6 is 0 Å². The van der Waals surface area contributed by atoms with Gasteiger partial charge in [-0.05, 0) is 31.2 Å². The van der Waals surface area contributed by atoms with Crippen molar-refractivity contribution in [3.05, 3.63) is 48.2 Å². The Morgan fingerprint density at radius 1 is 1.29 bits per heavy atom. The summed E-state index contributed by atoms with van der Waals surface area (Å²) in [5.74, 6) is -0.924. The Balaban J connectivity index is 0.000000339. The molecule has 2 saturated heterocycles. The first-order chi connectivity index (χ1) is 14.6. The van der Waals surface area contributed by atoms with Gasteiger partial charge in [-0.3, -0.25) is 9.78 Å². The molecule has 0 saturated carbocycles. The molecule has 4 rings (SSSR count). The molecule has 0 aliphatic carbocycles. The van der Waals surface area contributed by atoms with Crippen molar-refractivity contribution in [2.75, 3.05) is 19.7 Å². The predicted octanol–water partition coefficient (Wildman–Crippen LogP) is 3.07. The average molecular weight is 442 g/mol. The zero-order valence-corrected chi connectivity index (χ0v) is 16.6. The fourth-order valence-corrected chi connectivity index (χ4v) is 3.41. The number of aliphatic carboxylic acids is 1. The van der Waals surface area contributed by atoms with E-state index >= 15 is 0 Å². The smallest absolute Gasteiger partial charge is 0.489 e. The summed E-state index contributed by atoms with van der Waals surface area (Å²) < 4.78 is 49.1. The largest absolute Gasteiger partial charge is 0.490 e. The van der Waals surface area contributed by atoms with Crippen molar-refractivity contribution >= 4 is 11.9 Å². The summed E-state index contributed by atoms with van der Waals surface area (Å²) in [5.41, 5.74) is -0.289. The molecule has 8 nitrogen and oxygen atoms in total. The highest BCUT2D eigenvalue weighted by Gasteiger charge is 2.50.